The summed E-state index contributed by atoms with van der Waals surface area (Å²) in [7, 11) is 0. The lowest BCUT2D eigenvalue weighted by Crippen LogP contribution is -2.30. The van der Waals surface area contributed by atoms with E-state index in [9.17, 15) is 14.4 Å². The Kier molecular flexibility index (Phi) is 59.1. The summed E-state index contributed by atoms with van der Waals surface area (Å²) in [6.07, 6.45) is 71.4. The third-order valence-electron chi connectivity index (χ3n) is 14.8. The Balaban J connectivity index is 3.86. The third-order valence-corrected chi connectivity index (χ3v) is 14.8. The minimum atomic E-state index is -0.767. The maximum Gasteiger partial charge on any atom is 0.306 e. The van der Waals surface area contributed by atoms with Gasteiger partial charge in [-0.3, -0.25) is 14.4 Å². The van der Waals surface area contributed by atoms with Crippen molar-refractivity contribution in [3.8, 4) is 0 Å². The van der Waals surface area contributed by atoms with Crippen LogP contribution in [-0.4, -0.2) is 37.2 Å². The first-order valence-corrected chi connectivity index (χ1v) is 32.2. The molecule has 420 valence electrons. The second kappa shape index (κ2) is 60.7. The van der Waals surface area contributed by atoms with E-state index in [0.29, 0.717) is 19.3 Å². The van der Waals surface area contributed by atoms with E-state index in [-0.39, 0.29) is 31.1 Å². The van der Waals surface area contributed by atoms with Crippen LogP contribution in [0.15, 0.2) is 12.2 Å². The fraction of sp³-hybridized carbons (Fsp3) is 0.923. The zero-order valence-corrected chi connectivity index (χ0v) is 48.3. The number of rotatable bonds is 60. The number of unbranched alkanes of at least 4 members (excludes halogenated alkanes) is 47. The van der Waals surface area contributed by atoms with Gasteiger partial charge in [0.05, 0.1) is 0 Å². The van der Waals surface area contributed by atoms with Crippen molar-refractivity contribution < 1.29 is 28.6 Å². The molecule has 0 aliphatic rings. The van der Waals surface area contributed by atoms with Crippen molar-refractivity contribution in [3.63, 3.8) is 0 Å². The van der Waals surface area contributed by atoms with Crippen LogP contribution in [0.25, 0.3) is 0 Å². The molecular formula is C65H124O6. The van der Waals surface area contributed by atoms with E-state index in [1.54, 1.807) is 0 Å². The van der Waals surface area contributed by atoms with Gasteiger partial charge in [-0.2, -0.15) is 0 Å². The molecule has 0 aliphatic carbocycles. The molecule has 6 heteroatoms. The molecule has 0 aliphatic heterocycles. The van der Waals surface area contributed by atoms with E-state index in [2.05, 4.69) is 32.9 Å². The average molecular weight is 1000 g/mol. The van der Waals surface area contributed by atoms with Crippen LogP contribution in [0.3, 0.4) is 0 Å². The minimum Gasteiger partial charge on any atom is -0.462 e. The molecule has 0 saturated heterocycles. The first-order chi connectivity index (χ1) is 35.0. The van der Waals surface area contributed by atoms with Crippen molar-refractivity contribution in [3.05, 3.63) is 12.2 Å². The Labute approximate surface area is 443 Å². The van der Waals surface area contributed by atoms with Crippen molar-refractivity contribution in [1.29, 1.82) is 0 Å². The molecule has 0 aromatic rings. The molecule has 0 fully saturated rings. The van der Waals surface area contributed by atoms with E-state index < -0.39 is 6.10 Å². The monoisotopic (exact) mass is 1000 g/mol. The molecule has 0 bridgehead atoms. The quantitative estimate of drug-likeness (QED) is 0.0261. The highest BCUT2D eigenvalue weighted by atomic mass is 16.6. The molecule has 0 aromatic carbocycles. The van der Waals surface area contributed by atoms with Gasteiger partial charge in [0.15, 0.2) is 6.10 Å². The van der Waals surface area contributed by atoms with E-state index in [1.807, 2.05) is 0 Å². The van der Waals surface area contributed by atoms with Gasteiger partial charge in [-0.15, -0.1) is 0 Å². The molecule has 6 nitrogen and oxygen atoms in total. The highest BCUT2D eigenvalue weighted by molar-refractivity contribution is 5.71. The summed E-state index contributed by atoms with van der Waals surface area (Å²) < 4.78 is 16.8. The number of allylic oxidation sites excluding steroid dienone is 2. The molecular weight excluding hydrogens is 877 g/mol. The second-order valence-corrected chi connectivity index (χ2v) is 22.0. The summed E-state index contributed by atoms with van der Waals surface area (Å²) in [6, 6.07) is 0. The lowest BCUT2D eigenvalue weighted by atomic mass is 10.0. The zero-order chi connectivity index (χ0) is 51.4. The van der Waals surface area contributed by atoms with Gasteiger partial charge in [0.2, 0.25) is 0 Å². The van der Waals surface area contributed by atoms with E-state index >= 15 is 0 Å². The lowest BCUT2D eigenvalue weighted by molar-refractivity contribution is -0.167. The standard InChI is InChI=1S/C65H124O6/c1-4-7-10-13-16-19-21-22-23-24-25-26-27-28-29-30-31-32-33-34-35-36-37-38-39-40-41-42-43-44-47-49-52-55-58-64(67)70-61-62(60-69-63(66)57-54-51-48-45-18-15-12-9-6-3)71-65(68)59-56-53-50-46-20-17-14-11-8-5-2/h11,14,62H,4-10,12-13,15-61H2,1-3H3/b14-11-. The second-order valence-electron chi connectivity index (χ2n) is 22.0. The van der Waals surface area contributed by atoms with Crippen LogP contribution in [0.2, 0.25) is 0 Å². The van der Waals surface area contributed by atoms with Gasteiger partial charge in [-0.1, -0.05) is 322 Å². The largest absolute Gasteiger partial charge is 0.462 e. The van der Waals surface area contributed by atoms with Gasteiger partial charge in [0.25, 0.3) is 0 Å². The maximum atomic E-state index is 12.7. The number of ether oxygens (including phenoxy) is 3. The van der Waals surface area contributed by atoms with Crippen LogP contribution in [0.4, 0.5) is 0 Å². The highest BCUT2D eigenvalue weighted by Crippen LogP contribution is 2.19. The summed E-state index contributed by atoms with van der Waals surface area (Å²) in [5.41, 5.74) is 0. The SMILES string of the molecule is CCC/C=C\CCCCCCCC(=O)OC(COC(=O)CCCCCCCCCCC)COC(=O)CCCCCCCCCCCCCCCCCCCCCCCCCCCCCCCCCCCC. The van der Waals surface area contributed by atoms with Gasteiger partial charge in [0, 0.05) is 19.3 Å². The lowest BCUT2D eigenvalue weighted by Gasteiger charge is -2.18. The molecule has 71 heavy (non-hydrogen) atoms. The Morgan fingerprint density at radius 2 is 0.493 bits per heavy atom. The van der Waals surface area contributed by atoms with Crippen LogP contribution in [-0.2, 0) is 28.6 Å². The normalized spacial score (nSPS) is 12.0. The zero-order valence-electron chi connectivity index (χ0n) is 48.3. The smallest absolute Gasteiger partial charge is 0.306 e. The topological polar surface area (TPSA) is 78.9 Å². The predicted molar refractivity (Wildman–Crippen MR) is 307 cm³/mol. The molecule has 0 spiro atoms. The molecule has 0 radical (unpaired) electrons. The molecule has 1 unspecified atom stereocenters. The molecule has 0 saturated carbocycles. The number of hydrogen-bond donors (Lipinski definition) is 0. The molecule has 0 aromatic heterocycles. The average Bonchev–Trinajstić information content (AvgIpc) is 3.37. The first-order valence-electron chi connectivity index (χ1n) is 32.2. The summed E-state index contributed by atoms with van der Waals surface area (Å²) in [5.74, 6) is -0.862. The van der Waals surface area contributed by atoms with Gasteiger partial charge in [-0.05, 0) is 38.5 Å². The highest BCUT2D eigenvalue weighted by Gasteiger charge is 2.19. The van der Waals surface area contributed by atoms with Gasteiger partial charge < -0.3 is 14.2 Å². The maximum absolute atomic E-state index is 12.7. The van der Waals surface area contributed by atoms with Crippen molar-refractivity contribution in [1.82, 2.24) is 0 Å². The third kappa shape index (κ3) is 58.9. The molecule has 1 atom stereocenters. The number of esters is 3. The summed E-state index contributed by atoms with van der Waals surface area (Å²) in [6.45, 7) is 6.60. The van der Waals surface area contributed by atoms with Crippen molar-refractivity contribution in [2.75, 3.05) is 13.2 Å². The van der Waals surface area contributed by atoms with Crippen molar-refractivity contribution >= 4 is 17.9 Å². The molecule has 0 amide bonds. The molecule has 0 N–H and O–H groups in total. The molecule has 0 rings (SSSR count). The summed E-state index contributed by atoms with van der Waals surface area (Å²) in [5, 5.41) is 0. The van der Waals surface area contributed by atoms with Crippen LogP contribution < -0.4 is 0 Å². The van der Waals surface area contributed by atoms with Gasteiger partial charge >= 0.3 is 17.9 Å². The van der Waals surface area contributed by atoms with E-state index in [0.717, 1.165) is 70.6 Å². The predicted octanol–water partition coefficient (Wildman–Crippen LogP) is 21.7. The van der Waals surface area contributed by atoms with E-state index in [4.69, 9.17) is 14.2 Å². The van der Waals surface area contributed by atoms with Crippen LogP contribution in [0, 0.1) is 0 Å². The minimum absolute atomic E-state index is 0.0684. The number of carbonyl (C=O) groups is 3. The first kappa shape index (κ1) is 69.2. The van der Waals surface area contributed by atoms with E-state index in [1.165, 1.54) is 257 Å². The van der Waals surface area contributed by atoms with Crippen molar-refractivity contribution in [2.24, 2.45) is 0 Å². The van der Waals surface area contributed by atoms with Gasteiger partial charge in [-0.25, -0.2) is 0 Å². The fourth-order valence-electron chi connectivity index (χ4n) is 9.92. The fourth-order valence-corrected chi connectivity index (χ4v) is 9.92. The summed E-state index contributed by atoms with van der Waals surface area (Å²) in [4.78, 5) is 37.9. The summed E-state index contributed by atoms with van der Waals surface area (Å²) >= 11 is 0. The van der Waals surface area contributed by atoms with Crippen LogP contribution >= 0.6 is 0 Å². The molecule has 0 heterocycles. The Morgan fingerprint density at radius 3 is 0.761 bits per heavy atom. The van der Waals surface area contributed by atoms with Crippen LogP contribution in [0.5, 0.6) is 0 Å². The van der Waals surface area contributed by atoms with Crippen molar-refractivity contribution in [2.45, 2.75) is 374 Å². The number of carbonyl (C=O) groups excluding carboxylic acids is 3. The van der Waals surface area contributed by atoms with Gasteiger partial charge in [0.1, 0.15) is 13.2 Å². The Hall–Kier alpha value is -1.85. The Bertz CT molecular complexity index is 1100. The van der Waals surface area contributed by atoms with Crippen LogP contribution in [0.1, 0.15) is 367 Å². The number of hydrogen-bond acceptors (Lipinski definition) is 6. The Morgan fingerprint density at radius 1 is 0.268 bits per heavy atom.